The van der Waals surface area contributed by atoms with E-state index in [1.54, 1.807) is 26.4 Å². The fourth-order valence-electron chi connectivity index (χ4n) is 3.49. The van der Waals surface area contributed by atoms with E-state index in [4.69, 9.17) is 9.47 Å². The van der Waals surface area contributed by atoms with Gasteiger partial charge in [0.2, 0.25) is 0 Å². The van der Waals surface area contributed by atoms with Gasteiger partial charge in [0.1, 0.15) is 11.5 Å². The van der Waals surface area contributed by atoms with Gasteiger partial charge in [0.05, 0.1) is 36.3 Å². The van der Waals surface area contributed by atoms with Crippen molar-refractivity contribution in [2.75, 3.05) is 14.2 Å². The molecular formula is C20H17NO4. The molecule has 0 bridgehead atoms. The first-order valence-electron chi connectivity index (χ1n) is 7.88. The zero-order valence-corrected chi connectivity index (χ0v) is 14.2. The lowest BCUT2D eigenvalue weighted by Gasteiger charge is -2.05. The Morgan fingerprint density at radius 2 is 1.56 bits per heavy atom. The Balaban J connectivity index is 2.09. The average molecular weight is 335 g/mol. The minimum Gasteiger partial charge on any atom is -0.497 e. The summed E-state index contributed by atoms with van der Waals surface area (Å²) in [6.45, 7) is 2.04. The standard InChI is InChI=1S/C20H17NO4/c1-11-16-8-14(25-3)9-17-15(20(22)23)10-18(21(16)17)19(11)12-4-6-13(24-2)7-5-12/h4-10H,1-3H3,(H,22,23). The highest BCUT2D eigenvalue weighted by Crippen LogP contribution is 2.39. The van der Waals surface area contributed by atoms with Crippen LogP contribution >= 0.6 is 0 Å². The van der Waals surface area contributed by atoms with Crippen molar-refractivity contribution in [3.05, 3.63) is 53.6 Å². The zero-order valence-electron chi connectivity index (χ0n) is 14.2. The molecule has 1 N–H and O–H groups in total. The fourth-order valence-corrected chi connectivity index (χ4v) is 3.49. The van der Waals surface area contributed by atoms with Gasteiger partial charge in [-0.25, -0.2) is 4.79 Å². The third-order valence-corrected chi connectivity index (χ3v) is 4.70. The van der Waals surface area contributed by atoms with Gasteiger partial charge >= 0.3 is 5.97 Å². The van der Waals surface area contributed by atoms with Crippen molar-refractivity contribution in [1.82, 2.24) is 4.40 Å². The van der Waals surface area contributed by atoms with Crippen molar-refractivity contribution in [2.24, 2.45) is 0 Å². The molecule has 0 fully saturated rings. The Bertz CT molecular complexity index is 1090. The highest BCUT2D eigenvalue weighted by molar-refractivity contribution is 6.05. The van der Waals surface area contributed by atoms with E-state index in [-0.39, 0.29) is 5.56 Å². The third-order valence-electron chi connectivity index (χ3n) is 4.70. The van der Waals surface area contributed by atoms with Crippen LogP contribution in [0.5, 0.6) is 11.5 Å². The monoisotopic (exact) mass is 335 g/mol. The lowest BCUT2D eigenvalue weighted by Crippen LogP contribution is -1.96. The molecule has 3 heterocycles. The number of hydrogen-bond acceptors (Lipinski definition) is 3. The van der Waals surface area contributed by atoms with E-state index in [0.717, 1.165) is 33.5 Å². The van der Waals surface area contributed by atoms with Crippen LogP contribution in [0.15, 0.2) is 42.5 Å². The Kier molecular flexibility index (Phi) is 3.32. The minimum absolute atomic E-state index is 0.272. The van der Waals surface area contributed by atoms with Crippen LogP contribution in [0, 0.1) is 6.92 Å². The molecule has 0 radical (unpaired) electrons. The lowest BCUT2D eigenvalue weighted by molar-refractivity contribution is 0.0699. The summed E-state index contributed by atoms with van der Waals surface area (Å²) < 4.78 is 12.6. The van der Waals surface area contributed by atoms with Crippen molar-refractivity contribution in [3.63, 3.8) is 0 Å². The number of carbonyl (C=O) groups is 1. The summed E-state index contributed by atoms with van der Waals surface area (Å²) in [7, 11) is 3.22. The Hall–Kier alpha value is -3.21. The summed E-state index contributed by atoms with van der Waals surface area (Å²) in [6, 6.07) is 13.2. The van der Waals surface area contributed by atoms with E-state index in [2.05, 4.69) is 0 Å². The average Bonchev–Trinajstić information content (AvgIpc) is 3.13. The van der Waals surface area contributed by atoms with Gasteiger partial charge < -0.3 is 19.0 Å². The van der Waals surface area contributed by atoms with Crippen molar-refractivity contribution < 1.29 is 19.4 Å². The molecule has 4 aromatic rings. The molecule has 0 saturated carbocycles. The summed E-state index contributed by atoms with van der Waals surface area (Å²) in [5.41, 5.74) is 5.86. The number of pyridine rings is 1. The van der Waals surface area contributed by atoms with Gasteiger partial charge in [-0.05, 0) is 36.2 Å². The number of hydrogen-bond donors (Lipinski definition) is 1. The molecule has 5 nitrogen and oxygen atoms in total. The predicted octanol–water partition coefficient (Wildman–Crippen LogP) is 4.22. The molecule has 0 unspecified atom stereocenters. The molecule has 0 amide bonds. The predicted molar refractivity (Wildman–Crippen MR) is 96.3 cm³/mol. The maximum Gasteiger partial charge on any atom is 0.337 e. The molecule has 5 heteroatoms. The first-order valence-corrected chi connectivity index (χ1v) is 7.88. The maximum absolute atomic E-state index is 11.7. The topological polar surface area (TPSA) is 60.2 Å². The molecule has 0 aliphatic rings. The second kappa shape index (κ2) is 5.41. The van der Waals surface area contributed by atoms with Crippen LogP contribution in [0.4, 0.5) is 0 Å². The molecule has 0 aliphatic carbocycles. The van der Waals surface area contributed by atoms with E-state index in [0.29, 0.717) is 11.3 Å². The molecule has 25 heavy (non-hydrogen) atoms. The van der Waals surface area contributed by atoms with Crippen molar-refractivity contribution in [3.8, 4) is 22.6 Å². The van der Waals surface area contributed by atoms with Crippen LogP contribution in [-0.2, 0) is 0 Å². The molecule has 126 valence electrons. The number of aryl methyl sites for hydroxylation is 1. The first kappa shape index (κ1) is 15.3. The van der Waals surface area contributed by atoms with Gasteiger partial charge in [0, 0.05) is 17.7 Å². The molecule has 4 rings (SSSR count). The van der Waals surface area contributed by atoms with Crippen LogP contribution in [0.2, 0.25) is 0 Å². The Labute approximate surface area is 144 Å². The molecule has 0 aliphatic heterocycles. The zero-order chi connectivity index (χ0) is 17.7. The molecule has 3 aromatic heterocycles. The molecular weight excluding hydrogens is 318 g/mol. The van der Waals surface area contributed by atoms with E-state index in [1.165, 1.54) is 0 Å². The quantitative estimate of drug-likeness (QED) is 0.606. The largest absolute Gasteiger partial charge is 0.497 e. The summed E-state index contributed by atoms with van der Waals surface area (Å²) in [5.74, 6) is 0.479. The Morgan fingerprint density at radius 1 is 0.920 bits per heavy atom. The van der Waals surface area contributed by atoms with Crippen LogP contribution in [0.25, 0.3) is 27.7 Å². The second-order valence-corrected chi connectivity index (χ2v) is 5.98. The number of ether oxygens (including phenoxy) is 2. The third kappa shape index (κ3) is 2.12. The normalized spacial score (nSPS) is 11.3. The summed E-state index contributed by atoms with van der Waals surface area (Å²) in [4.78, 5) is 11.7. The van der Waals surface area contributed by atoms with Crippen LogP contribution in [-0.4, -0.2) is 29.7 Å². The molecule has 0 saturated heterocycles. The second-order valence-electron chi connectivity index (χ2n) is 5.98. The van der Waals surface area contributed by atoms with Crippen LogP contribution < -0.4 is 9.47 Å². The fraction of sp³-hybridized carbons (Fsp3) is 0.150. The van der Waals surface area contributed by atoms with Gasteiger partial charge in [0.25, 0.3) is 0 Å². The number of aromatic carboxylic acids is 1. The van der Waals surface area contributed by atoms with Crippen molar-refractivity contribution >= 4 is 22.5 Å². The van der Waals surface area contributed by atoms with Crippen LogP contribution in [0.3, 0.4) is 0 Å². The van der Waals surface area contributed by atoms with E-state index in [9.17, 15) is 9.90 Å². The smallest absolute Gasteiger partial charge is 0.337 e. The number of carboxylic acids is 1. The van der Waals surface area contributed by atoms with E-state index < -0.39 is 5.97 Å². The van der Waals surface area contributed by atoms with Crippen LogP contribution in [0.1, 0.15) is 15.9 Å². The SMILES string of the molecule is COc1ccc(-c2c(C)c3cc(OC)cc4c(C(=O)O)cc2n43)cc1. The highest BCUT2D eigenvalue weighted by atomic mass is 16.5. The number of methoxy groups -OCH3 is 2. The first-order chi connectivity index (χ1) is 12.0. The summed E-state index contributed by atoms with van der Waals surface area (Å²) in [6.07, 6.45) is 0. The summed E-state index contributed by atoms with van der Waals surface area (Å²) >= 11 is 0. The molecule has 0 atom stereocenters. The van der Waals surface area contributed by atoms with Gasteiger partial charge in [-0.2, -0.15) is 0 Å². The summed E-state index contributed by atoms with van der Waals surface area (Å²) in [5, 5.41) is 9.58. The number of rotatable bonds is 4. The van der Waals surface area contributed by atoms with Gasteiger partial charge in [-0.3, -0.25) is 0 Å². The van der Waals surface area contributed by atoms with Gasteiger partial charge in [0.15, 0.2) is 0 Å². The van der Waals surface area contributed by atoms with Crippen molar-refractivity contribution in [1.29, 1.82) is 0 Å². The van der Waals surface area contributed by atoms with Crippen molar-refractivity contribution in [2.45, 2.75) is 6.92 Å². The van der Waals surface area contributed by atoms with Gasteiger partial charge in [-0.1, -0.05) is 12.1 Å². The maximum atomic E-state index is 11.7. The number of carboxylic acid groups (broad SMARTS) is 1. The van der Waals surface area contributed by atoms with E-state index >= 15 is 0 Å². The van der Waals surface area contributed by atoms with Gasteiger partial charge in [-0.15, -0.1) is 0 Å². The number of aromatic nitrogens is 1. The lowest BCUT2D eigenvalue weighted by atomic mass is 10.0. The number of nitrogens with zero attached hydrogens (tertiary/aromatic N) is 1. The molecule has 1 aromatic carbocycles. The van der Waals surface area contributed by atoms with E-state index in [1.807, 2.05) is 41.7 Å². The highest BCUT2D eigenvalue weighted by Gasteiger charge is 2.22. The minimum atomic E-state index is -0.948. The number of benzene rings is 1. The Morgan fingerprint density at radius 3 is 2.16 bits per heavy atom. The molecule has 0 spiro atoms.